The maximum atomic E-state index is 14.8. The first kappa shape index (κ1) is 41.6. The maximum Gasteiger partial charge on any atom is 0.338 e. The van der Waals surface area contributed by atoms with Gasteiger partial charge in [-0.3, -0.25) is 28.8 Å². The van der Waals surface area contributed by atoms with Gasteiger partial charge >= 0.3 is 35.8 Å². The first-order chi connectivity index (χ1) is 24.2. The Labute approximate surface area is 304 Å². The molecule has 0 amide bonds. The predicted molar refractivity (Wildman–Crippen MR) is 185 cm³/mol. The summed E-state index contributed by atoms with van der Waals surface area (Å²) in [7, 11) is 0. The third-order valence-electron chi connectivity index (χ3n) is 9.29. The van der Waals surface area contributed by atoms with Crippen molar-refractivity contribution in [1.82, 2.24) is 0 Å². The van der Waals surface area contributed by atoms with E-state index in [9.17, 15) is 33.6 Å². The maximum absolute atomic E-state index is 14.8. The largest absolute Gasteiger partial charge is 0.462 e. The van der Waals surface area contributed by atoms with E-state index in [0.29, 0.717) is 6.42 Å². The Kier molecular flexibility index (Phi) is 13.7. The summed E-state index contributed by atoms with van der Waals surface area (Å²) in [6, 6.07) is 7.86. The highest BCUT2D eigenvalue weighted by Gasteiger charge is 2.66. The number of ketones is 1. The Hall–Kier alpha value is -4.81. The zero-order chi connectivity index (χ0) is 39.1. The molecule has 3 rings (SSSR count). The van der Waals surface area contributed by atoms with Crippen molar-refractivity contribution in [2.24, 2.45) is 23.2 Å². The molecule has 0 unspecified atom stereocenters. The number of hydrogen-bond donors (Lipinski definition) is 0. The monoisotopic (exact) mass is 726 g/mol. The first-order valence-corrected chi connectivity index (χ1v) is 17.3. The number of Topliss-reactive ketones (excluding diaryl/α,β-unsaturated/α-hetero) is 1. The van der Waals surface area contributed by atoms with E-state index < -0.39 is 101 Å². The summed E-state index contributed by atoms with van der Waals surface area (Å²) >= 11 is 0. The molecule has 0 spiro atoms. The van der Waals surface area contributed by atoms with Gasteiger partial charge in [0.25, 0.3) is 0 Å². The van der Waals surface area contributed by atoms with Crippen molar-refractivity contribution in [2.45, 2.75) is 118 Å². The van der Waals surface area contributed by atoms with E-state index in [0.717, 1.165) is 20.8 Å². The average Bonchev–Trinajstić information content (AvgIpc) is 3.31. The SMILES string of the molecule is C=C1[C@H](OC(=O)CCC)[C@@H](OC(C)=O)[C@@H](OC(C)=O)C(C)(C)/C=C/[C@H](C)C(=O)[C@@]2(OC(C)=O)C[C@H](C)[C@H](OC(C)=O)[C@@H]2[C@H]1OC(=O)c1ccccc1. The minimum atomic E-state index is -2.08. The Morgan fingerprint density at radius 2 is 1.37 bits per heavy atom. The van der Waals surface area contributed by atoms with Crippen molar-refractivity contribution in [3.05, 3.63) is 60.2 Å². The molecule has 0 aliphatic heterocycles. The summed E-state index contributed by atoms with van der Waals surface area (Å²) in [4.78, 5) is 93.2. The highest BCUT2D eigenvalue weighted by molar-refractivity contribution is 5.94. The van der Waals surface area contributed by atoms with Gasteiger partial charge in [-0.2, -0.15) is 0 Å². The lowest BCUT2D eigenvalue weighted by molar-refractivity contribution is -0.192. The molecule has 13 nitrogen and oxygen atoms in total. The third-order valence-corrected chi connectivity index (χ3v) is 9.29. The van der Waals surface area contributed by atoms with Gasteiger partial charge in [-0.05, 0) is 24.5 Å². The minimum Gasteiger partial charge on any atom is -0.462 e. The number of allylic oxidation sites excluding steroid dienone is 1. The number of hydrogen-bond acceptors (Lipinski definition) is 13. The quantitative estimate of drug-likeness (QED) is 0.188. The van der Waals surface area contributed by atoms with Crippen molar-refractivity contribution in [3.8, 4) is 0 Å². The zero-order valence-electron chi connectivity index (χ0n) is 31.3. The standard InChI is InChI=1S/C39H50O13/c1-11-15-29(44)50-33-23(4)32(51-37(46)28-16-13-12-14-17-28)30-31(47-24(5)40)22(3)20-39(30,52-27(8)43)35(45)21(2)18-19-38(9,10)36(49-26(7)42)34(33)48-25(6)41/h12-14,16-19,21-22,30-34,36H,4,11,15,20H2,1-3,5-10H3/b19-18+/t21-,22-,30+,31-,32-,33-,34+,36+,39+/m0/s1. The van der Waals surface area contributed by atoms with Crippen LogP contribution < -0.4 is 0 Å². The fourth-order valence-corrected chi connectivity index (χ4v) is 7.14. The van der Waals surface area contributed by atoms with Crippen LogP contribution in [-0.4, -0.2) is 77.7 Å². The molecule has 0 heterocycles. The van der Waals surface area contributed by atoms with Gasteiger partial charge in [0.05, 0.1) is 11.5 Å². The number of esters is 6. The van der Waals surface area contributed by atoms with Crippen LogP contribution in [-0.2, 0) is 57.2 Å². The summed E-state index contributed by atoms with van der Waals surface area (Å²) in [6.45, 7) is 17.1. The van der Waals surface area contributed by atoms with Gasteiger partial charge in [-0.15, -0.1) is 0 Å². The second-order valence-corrected chi connectivity index (χ2v) is 14.1. The van der Waals surface area contributed by atoms with E-state index in [-0.39, 0.29) is 24.0 Å². The van der Waals surface area contributed by atoms with Crippen LogP contribution in [0.1, 0.15) is 91.9 Å². The van der Waals surface area contributed by atoms with Crippen molar-refractivity contribution >= 4 is 41.6 Å². The molecule has 2 aliphatic carbocycles. The summed E-state index contributed by atoms with van der Waals surface area (Å²) in [5, 5.41) is 0. The highest BCUT2D eigenvalue weighted by Crippen LogP contribution is 2.51. The first-order valence-electron chi connectivity index (χ1n) is 17.3. The van der Waals surface area contributed by atoms with E-state index in [2.05, 4.69) is 6.58 Å². The predicted octanol–water partition coefficient (Wildman–Crippen LogP) is 5.03. The lowest BCUT2D eigenvalue weighted by atomic mass is 9.72. The van der Waals surface area contributed by atoms with Gasteiger partial charge in [-0.25, -0.2) is 4.79 Å². The number of fused-ring (bicyclic) bond motifs is 1. The van der Waals surface area contributed by atoms with E-state index >= 15 is 0 Å². The molecule has 13 heteroatoms. The molecular formula is C39H50O13. The molecule has 1 saturated carbocycles. The fourth-order valence-electron chi connectivity index (χ4n) is 7.14. The third kappa shape index (κ3) is 9.54. The van der Waals surface area contributed by atoms with Crippen LogP contribution in [0, 0.1) is 23.2 Å². The summed E-state index contributed by atoms with van der Waals surface area (Å²) in [6.07, 6.45) is -4.31. The Morgan fingerprint density at radius 1 is 0.788 bits per heavy atom. The van der Waals surface area contributed by atoms with Crippen LogP contribution in [0.3, 0.4) is 0 Å². The summed E-state index contributed by atoms with van der Waals surface area (Å²) < 4.78 is 35.7. The number of rotatable bonds is 9. The molecule has 0 N–H and O–H groups in total. The number of ether oxygens (including phenoxy) is 6. The lowest BCUT2D eigenvalue weighted by Gasteiger charge is -2.44. The number of benzene rings is 1. The molecule has 0 aromatic heterocycles. The second kappa shape index (κ2) is 17.1. The fraction of sp³-hybridized carbons (Fsp3) is 0.564. The molecule has 1 fully saturated rings. The van der Waals surface area contributed by atoms with Crippen molar-refractivity contribution in [2.75, 3.05) is 0 Å². The van der Waals surface area contributed by atoms with Crippen LogP contribution in [0.15, 0.2) is 54.6 Å². The zero-order valence-corrected chi connectivity index (χ0v) is 31.3. The molecule has 1 aromatic carbocycles. The van der Waals surface area contributed by atoms with E-state index in [1.54, 1.807) is 58.9 Å². The Balaban J connectivity index is 2.54. The Bertz CT molecular complexity index is 1580. The van der Waals surface area contributed by atoms with Gasteiger partial charge < -0.3 is 28.4 Å². The molecule has 52 heavy (non-hydrogen) atoms. The van der Waals surface area contributed by atoms with Crippen LogP contribution in [0.5, 0.6) is 0 Å². The summed E-state index contributed by atoms with van der Waals surface area (Å²) in [5.41, 5.74) is -3.42. The molecule has 9 atom stereocenters. The number of carbonyl (C=O) groups excluding carboxylic acids is 7. The van der Waals surface area contributed by atoms with Gasteiger partial charge in [0.2, 0.25) is 0 Å². The van der Waals surface area contributed by atoms with Crippen LogP contribution >= 0.6 is 0 Å². The molecule has 0 radical (unpaired) electrons. The molecular weight excluding hydrogens is 676 g/mol. The normalized spacial score (nSPS) is 30.6. The van der Waals surface area contributed by atoms with Crippen molar-refractivity contribution in [3.63, 3.8) is 0 Å². The molecule has 2 aliphatic rings. The molecule has 284 valence electrons. The number of carbonyl (C=O) groups is 7. The lowest BCUT2D eigenvalue weighted by Crippen LogP contribution is -2.59. The smallest absolute Gasteiger partial charge is 0.338 e. The van der Waals surface area contributed by atoms with Crippen LogP contribution in [0.25, 0.3) is 0 Å². The van der Waals surface area contributed by atoms with E-state index in [1.807, 2.05) is 0 Å². The molecule has 1 aromatic rings. The van der Waals surface area contributed by atoms with E-state index in [1.165, 1.54) is 25.1 Å². The molecule has 0 saturated heterocycles. The van der Waals surface area contributed by atoms with Gasteiger partial charge in [0.1, 0.15) is 12.2 Å². The average molecular weight is 727 g/mol. The highest BCUT2D eigenvalue weighted by atomic mass is 16.6. The summed E-state index contributed by atoms with van der Waals surface area (Å²) in [5.74, 6) is -8.52. The van der Waals surface area contributed by atoms with Crippen molar-refractivity contribution in [1.29, 1.82) is 0 Å². The topological polar surface area (TPSA) is 175 Å². The Morgan fingerprint density at radius 3 is 1.90 bits per heavy atom. The molecule has 0 bridgehead atoms. The van der Waals surface area contributed by atoms with Gasteiger partial charge in [0.15, 0.2) is 29.7 Å². The van der Waals surface area contributed by atoms with Crippen LogP contribution in [0.2, 0.25) is 0 Å². The van der Waals surface area contributed by atoms with Crippen LogP contribution in [0.4, 0.5) is 0 Å². The minimum absolute atomic E-state index is 0.0868. The van der Waals surface area contributed by atoms with Crippen molar-refractivity contribution < 1.29 is 62.0 Å². The second-order valence-electron chi connectivity index (χ2n) is 14.1. The van der Waals surface area contributed by atoms with E-state index in [4.69, 9.17) is 28.4 Å². The van der Waals surface area contributed by atoms with Gasteiger partial charge in [-0.1, -0.05) is 71.5 Å². The van der Waals surface area contributed by atoms with Gasteiger partial charge in [0, 0.05) is 57.4 Å².